The molecule has 3 aromatic rings. The van der Waals surface area contributed by atoms with Crippen LogP contribution in [-0.4, -0.2) is 24.8 Å². The minimum atomic E-state index is 0.993. The van der Waals surface area contributed by atoms with E-state index in [2.05, 4.69) is 64.4 Å². The Morgan fingerprint density at radius 3 is 2.38 bits per heavy atom. The molecule has 0 bridgehead atoms. The van der Waals surface area contributed by atoms with E-state index in [-0.39, 0.29) is 0 Å². The highest BCUT2D eigenvalue weighted by Gasteiger charge is 2.01. The number of aryl methyl sites for hydroxylation is 1. The van der Waals surface area contributed by atoms with Crippen molar-refractivity contribution in [2.75, 3.05) is 18.5 Å². The van der Waals surface area contributed by atoms with Gasteiger partial charge in [-0.25, -0.2) is 4.98 Å². The average Bonchev–Trinajstić information content (AvgIpc) is 2.72. The molecule has 0 atom stereocenters. The molecule has 0 saturated carbocycles. The van der Waals surface area contributed by atoms with E-state index in [1.54, 1.807) is 0 Å². The maximum Gasteiger partial charge on any atom is 0.128 e. The molecule has 0 unspecified atom stereocenters. The number of nitrogens with zero attached hydrogens (tertiary/aromatic N) is 3. The molecule has 0 aliphatic rings. The van der Waals surface area contributed by atoms with Crippen LogP contribution in [0.5, 0.6) is 0 Å². The number of pyridine rings is 1. The van der Waals surface area contributed by atoms with Crippen molar-refractivity contribution in [2.45, 2.75) is 19.3 Å². The predicted octanol–water partition coefficient (Wildman–Crippen LogP) is 5.29. The van der Waals surface area contributed by atoms with Crippen LogP contribution >= 0.6 is 0 Å². The quantitative estimate of drug-likeness (QED) is 0.410. The standard InChI is InChI=1S/C23H25N3/c1-26(23-12-5-7-17-24-23)18-8-6-9-20-13-15-22(16-14-20)25-19-21-10-3-2-4-11-21/h2-5,7,10-17,19H,6,8-9,18H2,1H3. The van der Waals surface area contributed by atoms with Gasteiger partial charge in [0, 0.05) is 26.0 Å². The van der Waals surface area contributed by atoms with Gasteiger partial charge in [-0.1, -0.05) is 48.5 Å². The van der Waals surface area contributed by atoms with Crippen LogP contribution in [-0.2, 0) is 6.42 Å². The summed E-state index contributed by atoms with van der Waals surface area (Å²) in [6.07, 6.45) is 7.17. The number of aromatic nitrogens is 1. The smallest absolute Gasteiger partial charge is 0.128 e. The Hall–Kier alpha value is -2.94. The van der Waals surface area contributed by atoms with Gasteiger partial charge in [-0.2, -0.15) is 0 Å². The van der Waals surface area contributed by atoms with Gasteiger partial charge in [0.15, 0.2) is 0 Å². The van der Waals surface area contributed by atoms with Gasteiger partial charge in [-0.15, -0.1) is 0 Å². The average molecular weight is 343 g/mol. The Labute approximate surface area is 156 Å². The summed E-state index contributed by atoms with van der Waals surface area (Å²) in [6.45, 7) is 1.02. The van der Waals surface area contributed by atoms with Gasteiger partial charge in [-0.3, -0.25) is 4.99 Å². The molecule has 3 nitrogen and oxygen atoms in total. The van der Waals surface area contributed by atoms with E-state index in [9.17, 15) is 0 Å². The molecule has 0 aliphatic carbocycles. The summed E-state index contributed by atoms with van der Waals surface area (Å²) in [5.41, 5.74) is 3.48. The van der Waals surface area contributed by atoms with Crippen LogP contribution in [0.4, 0.5) is 11.5 Å². The first kappa shape index (κ1) is 17.9. The van der Waals surface area contributed by atoms with Crippen molar-refractivity contribution in [3.8, 4) is 0 Å². The largest absolute Gasteiger partial charge is 0.360 e. The van der Waals surface area contributed by atoms with Gasteiger partial charge in [0.25, 0.3) is 0 Å². The van der Waals surface area contributed by atoms with Crippen molar-refractivity contribution in [1.82, 2.24) is 4.98 Å². The fourth-order valence-electron chi connectivity index (χ4n) is 2.81. The number of anilines is 1. The summed E-state index contributed by atoms with van der Waals surface area (Å²) in [5, 5.41) is 0. The number of aliphatic imine (C=N–C) groups is 1. The highest BCUT2D eigenvalue weighted by atomic mass is 15.2. The summed E-state index contributed by atoms with van der Waals surface area (Å²) in [6, 6.07) is 24.7. The monoisotopic (exact) mass is 343 g/mol. The number of benzene rings is 2. The van der Waals surface area contributed by atoms with Crippen LogP contribution in [0.15, 0.2) is 84.0 Å². The van der Waals surface area contributed by atoms with Crippen molar-refractivity contribution in [1.29, 1.82) is 0 Å². The second kappa shape index (κ2) is 9.52. The molecule has 3 heteroatoms. The maximum absolute atomic E-state index is 4.53. The zero-order chi connectivity index (χ0) is 18.0. The summed E-state index contributed by atoms with van der Waals surface area (Å²) < 4.78 is 0. The highest BCUT2D eigenvalue weighted by Crippen LogP contribution is 2.15. The van der Waals surface area contributed by atoms with E-state index >= 15 is 0 Å². The van der Waals surface area contributed by atoms with Crippen molar-refractivity contribution < 1.29 is 0 Å². The normalized spacial score (nSPS) is 11.0. The third-order valence-corrected chi connectivity index (χ3v) is 4.35. The number of hydrogen-bond donors (Lipinski definition) is 0. The SMILES string of the molecule is CN(CCCCc1ccc(N=Cc2ccccc2)cc1)c1ccccn1. The third-order valence-electron chi connectivity index (χ3n) is 4.35. The minimum Gasteiger partial charge on any atom is -0.360 e. The summed E-state index contributed by atoms with van der Waals surface area (Å²) in [5.74, 6) is 1.04. The second-order valence-corrected chi connectivity index (χ2v) is 6.40. The van der Waals surface area contributed by atoms with Crippen LogP contribution in [0.25, 0.3) is 0 Å². The number of rotatable bonds is 8. The molecular formula is C23H25N3. The lowest BCUT2D eigenvalue weighted by atomic mass is 10.1. The first-order valence-corrected chi connectivity index (χ1v) is 9.11. The Morgan fingerprint density at radius 1 is 0.885 bits per heavy atom. The van der Waals surface area contributed by atoms with E-state index in [1.165, 1.54) is 12.0 Å². The Balaban J connectivity index is 1.42. The lowest BCUT2D eigenvalue weighted by Gasteiger charge is -2.17. The number of unbranched alkanes of at least 4 members (excludes halogenated alkanes) is 1. The fourth-order valence-corrected chi connectivity index (χ4v) is 2.81. The van der Waals surface area contributed by atoms with Crippen LogP contribution in [0.1, 0.15) is 24.0 Å². The van der Waals surface area contributed by atoms with Gasteiger partial charge < -0.3 is 4.90 Å². The maximum atomic E-state index is 4.53. The van der Waals surface area contributed by atoms with Gasteiger partial charge in [0.1, 0.15) is 5.82 Å². The Bertz CT molecular complexity index is 796. The molecule has 0 radical (unpaired) electrons. The molecule has 0 fully saturated rings. The topological polar surface area (TPSA) is 28.5 Å². The first-order valence-electron chi connectivity index (χ1n) is 9.11. The molecule has 3 rings (SSSR count). The lowest BCUT2D eigenvalue weighted by Crippen LogP contribution is -2.19. The molecule has 0 amide bonds. The van der Waals surface area contributed by atoms with Crippen molar-refractivity contribution in [3.63, 3.8) is 0 Å². The van der Waals surface area contributed by atoms with Crippen molar-refractivity contribution >= 4 is 17.7 Å². The minimum absolute atomic E-state index is 0.993. The van der Waals surface area contributed by atoms with Gasteiger partial charge in [-0.05, 0) is 54.7 Å². The molecule has 1 heterocycles. The van der Waals surface area contributed by atoms with E-state index < -0.39 is 0 Å². The van der Waals surface area contributed by atoms with Crippen LogP contribution in [0, 0.1) is 0 Å². The van der Waals surface area contributed by atoms with E-state index in [0.717, 1.165) is 36.5 Å². The van der Waals surface area contributed by atoms with E-state index in [0.29, 0.717) is 0 Å². The molecule has 0 aliphatic heterocycles. The van der Waals surface area contributed by atoms with Crippen molar-refractivity contribution in [3.05, 3.63) is 90.1 Å². The summed E-state index contributed by atoms with van der Waals surface area (Å²) in [7, 11) is 2.10. The van der Waals surface area contributed by atoms with Gasteiger partial charge in [0.05, 0.1) is 5.69 Å². The van der Waals surface area contributed by atoms with Crippen LogP contribution < -0.4 is 4.90 Å². The molecule has 0 N–H and O–H groups in total. The third kappa shape index (κ3) is 5.55. The van der Waals surface area contributed by atoms with Gasteiger partial charge in [0.2, 0.25) is 0 Å². The molecule has 1 aromatic heterocycles. The molecule has 0 spiro atoms. The fraction of sp³-hybridized carbons (Fsp3) is 0.217. The van der Waals surface area contributed by atoms with Gasteiger partial charge >= 0.3 is 0 Å². The zero-order valence-electron chi connectivity index (χ0n) is 15.3. The molecule has 132 valence electrons. The van der Waals surface area contributed by atoms with Crippen LogP contribution in [0.3, 0.4) is 0 Å². The van der Waals surface area contributed by atoms with Crippen LogP contribution in [0.2, 0.25) is 0 Å². The Morgan fingerprint density at radius 2 is 1.65 bits per heavy atom. The van der Waals surface area contributed by atoms with E-state index in [1.807, 2.05) is 42.7 Å². The predicted molar refractivity (Wildman–Crippen MR) is 111 cm³/mol. The molecule has 26 heavy (non-hydrogen) atoms. The first-order chi connectivity index (χ1) is 12.8. The van der Waals surface area contributed by atoms with E-state index in [4.69, 9.17) is 0 Å². The lowest BCUT2D eigenvalue weighted by molar-refractivity contribution is 0.715. The summed E-state index contributed by atoms with van der Waals surface area (Å²) in [4.78, 5) is 11.1. The molecular weight excluding hydrogens is 318 g/mol. The highest BCUT2D eigenvalue weighted by molar-refractivity contribution is 5.81. The second-order valence-electron chi connectivity index (χ2n) is 6.40. The molecule has 2 aromatic carbocycles. The van der Waals surface area contributed by atoms with Crippen molar-refractivity contribution in [2.24, 2.45) is 4.99 Å². The zero-order valence-corrected chi connectivity index (χ0v) is 15.3. The summed E-state index contributed by atoms with van der Waals surface area (Å²) >= 11 is 0. The Kier molecular flexibility index (Phi) is 6.54. The molecule has 0 saturated heterocycles. The number of hydrogen-bond acceptors (Lipinski definition) is 3.